The van der Waals surface area contributed by atoms with Gasteiger partial charge in [-0.05, 0) is 13.8 Å². The van der Waals surface area contributed by atoms with Gasteiger partial charge in [0, 0.05) is 17.3 Å². The molecular weight excluding hydrogens is 229 g/mol. The average Bonchev–Trinajstić information content (AvgIpc) is 2.26. The standard InChI is InChI=1S/C10H16FN3OS/c1-7(2)16(15)14-4-8(3)10-12-5-9(11)6-13-10/h5-8,14H,4H2,1-3H3/t8-,16?/m0/s1. The molecule has 0 saturated heterocycles. The lowest BCUT2D eigenvalue weighted by Gasteiger charge is -2.16. The molecule has 1 aromatic rings. The molecule has 1 N–H and O–H groups in total. The Hall–Kier alpha value is -0.720. The van der Waals surface area contributed by atoms with Gasteiger partial charge in [0.1, 0.15) is 11.1 Å². The van der Waals surface area contributed by atoms with E-state index in [-0.39, 0.29) is 11.2 Å². The van der Waals surface area contributed by atoms with Crippen molar-refractivity contribution in [3.63, 3.8) is 0 Å². The van der Waals surface area contributed by atoms with Gasteiger partial charge in [0.25, 0.3) is 0 Å². The molecule has 4 nitrogen and oxygen atoms in total. The van der Waals surface area contributed by atoms with Gasteiger partial charge in [0.15, 0.2) is 5.82 Å². The Balaban J connectivity index is 2.46. The Bertz CT molecular complexity index is 320. The van der Waals surface area contributed by atoms with Gasteiger partial charge < -0.3 is 4.55 Å². The van der Waals surface area contributed by atoms with Gasteiger partial charge in [0.2, 0.25) is 0 Å². The zero-order valence-corrected chi connectivity index (χ0v) is 10.4. The third-order valence-corrected chi connectivity index (χ3v) is 3.35. The maximum atomic E-state index is 12.6. The molecule has 1 rings (SSSR count). The van der Waals surface area contributed by atoms with Crippen LogP contribution in [-0.4, -0.2) is 26.3 Å². The highest BCUT2D eigenvalue weighted by molar-refractivity contribution is 7.90. The number of hydrogen-bond acceptors (Lipinski definition) is 4. The van der Waals surface area contributed by atoms with E-state index in [1.807, 2.05) is 20.8 Å². The van der Waals surface area contributed by atoms with E-state index in [9.17, 15) is 8.94 Å². The van der Waals surface area contributed by atoms with E-state index in [2.05, 4.69) is 14.7 Å². The zero-order valence-electron chi connectivity index (χ0n) is 9.61. The number of halogens is 1. The van der Waals surface area contributed by atoms with Crippen LogP contribution in [0.4, 0.5) is 4.39 Å². The second kappa shape index (κ2) is 6.12. The van der Waals surface area contributed by atoms with Gasteiger partial charge in [-0.2, -0.15) is 0 Å². The molecular formula is C10H16FN3OS. The summed E-state index contributed by atoms with van der Waals surface area (Å²) in [5.74, 6) is 0.104. The summed E-state index contributed by atoms with van der Waals surface area (Å²) in [5.41, 5.74) is 0. The van der Waals surface area contributed by atoms with Crippen LogP contribution < -0.4 is 4.72 Å². The molecule has 6 heteroatoms. The van der Waals surface area contributed by atoms with Crippen molar-refractivity contribution in [2.45, 2.75) is 31.9 Å². The SMILES string of the molecule is CC(C)[S+]([O-])NC[C@H](C)c1ncc(F)cn1. The topological polar surface area (TPSA) is 60.9 Å². The van der Waals surface area contributed by atoms with Gasteiger partial charge >= 0.3 is 0 Å². The highest BCUT2D eigenvalue weighted by Gasteiger charge is 2.15. The number of aromatic nitrogens is 2. The fourth-order valence-corrected chi connectivity index (χ4v) is 1.79. The normalized spacial score (nSPS) is 15.1. The monoisotopic (exact) mass is 245 g/mol. The molecule has 90 valence electrons. The van der Waals surface area contributed by atoms with Crippen molar-refractivity contribution < 1.29 is 8.94 Å². The van der Waals surface area contributed by atoms with E-state index in [1.165, 1.54) is 0 Å². The largest absolute Gasteiger partial charge is 0.598 e. The molecule has 0 aliphatic heterocycles. The molecule has 16 heavy (non-hydrogen) atoms. The molecule has 0 bridgehead atoms. The summed E-state index contributed by atoms with van der Waals surface area (Å²) in [4.78, 5) is 7.75. The second-order valence-electron chi connectivity index (χ2n) is 3.86. The van der Waals surface area contributed by atoms with E-state index < -0.39 is 17.2 Å². The Morgan fingerprint density at radius 3 is 2.44 bits per heavy atom. The van der Waals surface area contributed by atoms with Crippen molar-refractivity contribution in [1.82, 2.24) is 14.7 Å². The summed E-state index contributed by atoms with van der Waals surface area (Å²) in [6.45, 7) is 6.17. The molecule has 1 heterocycles. The molecule has 0 aliphatic rings. The fourth-order valence-electron chi connectivity index (χ4n) is 1.04. The minimum absolute atomic E-state index is 0.00306. The maximum Gasteiger partial charge on any atom is 0.159 e. The summed E-state index contributed by atoms with van der Waals surface area (Å²) in [7, 11) is 0. The van der Waals surface area contributed by atoms with Crippen molar-refractivity contribution in [2.24, 2.45) is 0 Å². The summed E-state index contributed by atoms with van der Waals surface area (Å²) in [6, 6.07) is 0. The smallest absolute Gasteiger partial charge is 0.159 e. The second-order valence-corrected chi connectivity index (χ2v) is 5.68. The van der Waals surface area contributed by atoms with Crippen LogP contribution in [0.15, 0.2) is 12.4 Å². The molecule has 0 saturated carbocycles. The Labute approximate surface area is 98.0 Å². The predicted molar refractivity (Wildman–Crippen MR) is 61.7 cm³/mol. The van der Waals surface area contributed by atoms with Gasteiger partial charge in [-0.3, -0.25) is 0 Å². The zero-order chi connectivity index (χ0) is 12.1. The third kappa shape index (κ3) is 4.03. The number of nitrogens with zero attached hydrogens (tertiary/aromatic N) is 2. The van der Waals surface area contributed by atoms with Crippen LogP contribution in [-0.2, 0) is 11.4 Å². The van der Waals surface area contributed by atoms with Gasteiger partial charge in [-0.1, -0.05) is 6.92 Å². The molecule has 0 fully saturated rings. The Morgan fingerprint density at radius 1 is 1.38 bits per heavy atom. The van der Waals surface area contributed by atoms with E-state index in [1.54, 1.807) is 0 Å². The Morgan fingerprint density at radius 2 is 1.94 bits per heavy atom. The first kappa shape index (κ1) is 13.3. The summed E-state index contributed by atoms with van der Waals surface area (Å²) < 4.78 is 26.9. The average molecular weight is 245 g/mol. The third-order valence-electron chi connectivity index (χ3n) is 2.04. The molecule has 0 aromatic carbocycles. The van der Waals surface area contributed by atoms with Crippen LogP contribution in [0.5, 0.6) is 0 Å². The predicted octanol–water partition coefficient (Wildman–Crippen LogP) is 1.38. The lowest BCUT2D eigenvalue weighted by atomic mass is 10.2. The first-order chi connectivity index (χ1) is 7.50. The molecule has 0 radical (unpaired) electrons. The first-order valence-corrected chi connectivity index (χ1v) is 6.33. The van der Waals surface area contributed by atoms with E-state index in [4.69, 9.17) is 0 Å². The van der Waals surface area contributed by atoms with E-state index in [0.717, 1.165) is 12.4 Å². The van der Waals surface area contributed by atoms with Crippen LogP contribution in [0.2, 0.25) is 0 Å². The molecule has 0 amide bonds. The van der Waals surface area contributed by atoms with Crippen molar-refractivity contribution in [3.8, 4) is 0 Å². The van der Waals surface area contributed by atoms with Crippen LogP contribution in [0.25, 0.3) is 0 Å². The molecule has 0 spiro atoms. The van der Waals surface area contributed by atoms with Crippen molar-refractivity contribution in [1.29, 1.82) is 0 Å². The van der Waals surface area contributed by atoms with E-state index >= 15 is 0 Å². The van der Waals surface area contributed by atoms with Crippen molar-refractivity contribution in [2.75, 3.05) is 6.54 Å². The van der Waals surface area contributed by atoms with Crippen LogP contribution >= 0.6 is 0 Å². The molecule has 1 aromatic heterocycles. The summed E-state index contributed by atoms with van der Waals surface area (Å²) >= 11 is -1.05. The number of hydrogen-bond donors (Lipinski definition) is 1. The fraction of sp³-hybridized carbons (Fsp3) is 0.600. The quantitative estimate of drug-likeness (QED) is 0.796. The lowest BCUT2D eigenvalue weighted by molar-refractivity contribution is 0.559. The van der Waals surface area contributed by atoms with Gasteiger partial charge in [-0.15, -0.1) is 4.72 Å². The van der Waals surface area contributed by atoms with Gasteiger partial charge in [-0.25, -0.2) is 14.4 Å². The van der Waals surface area contributed by atoms with Crippen molar-refractivity contribution in [3.05, 3.63) is 24.0 Å². The van der Waals surface area contributed by atoms with Crippen LogP contribution in [0.1, 0.15) is 32.5 Å². The van der Waals surface area contributed by atoms with E-state index in [0.29, 0.717) is 12.4 Å². The van der Waals surface area contributed by atoms with Crippen LogP contribution in [0.3, 0.4) is 0 Å². The lowest BCUT2D eigenvalue weighted by Crippen LogP contribution is -2.33. The highest BCUT2D eigenvalue weighted by Crippen LogP contribution is 2.09. The molecule has 0 aliphatic carbocycles. The molecule has 1 unspecified atom stereocenters. The van der Waals surface area contributed by atoms with Crippen LogP contribution in [0, 0.1) is 5.82 Å². The summed E-state index contributed by atoms with van der Waals surface area (Å²) in [6.07, 6.45) is 2.27. The minimum atomic E-state index is -1.05. The Kier molecular flexibility index (Phi) is 5.11. The summed E-state index contributed by atoms with van der Waals surface area (Å²) in [5, 5.41) is 0.0707. The minimum Gasteiger partial charge on any atom is -0.598 e. The van der Waals surface area contributed by atoms with Gasteiger partial charge in [0.05, 0.1) is 18.9 Å². The maximum absolute atomic E-state index is 12.6. The van der Waals surface area contributed by atoms with Crippen molar-refractivity contribution >= 4 is 11.4 Å². The highest BCUT2D eigenvalue weighted by atomic mass is 32.2. The number of rotatable bonds is 5. The molecule has 2 atom stereocenters. The first-order valence-electron chi connectivity index (χ1n) is 5.12. The number of nitrogens with one attached hydrogen (secondary N) is 1.